The number of rotatable bonds is 5. The van der Waals surface area contributed by atoms with Gasteiger partial charge in [0.25, 0.3) is 5.91 Å². The molecule has 1 heterocycles. The highest BCUT2D eigenvalue weighted by molar-refractivity contribution is 6.31. The molecule has 1 amide bonds. The highest BCUT2D eigenvalue weighted by atomic mass is 35.5. The van der Waals surface area contributed by atoms with Gasteiger partial charge in [-0.15, -0.1) is 0 Å². The van der Waals surface area contributed by atoms with E-state index in [0.717, 1.165) is 0 Å². The summed E-state index contributed by atoms with van der Waals surface area (Å²) in [5.74, 6) is -1.76. The molecule has 25 heavy (non-hydrogen) atoms. The molecule has 0 fully saturated rings. The highest BCUT2D eigenvalue weighted by Crippen LogP contribution is 2.23. The summed E-state index contributed by atoms with van der Waals surface area (Å²) in [5.41, 5.74) is 0.830. The molecule has 3 aromatic rings. The van der Waals surface area contributed by atoms with E-state index in [1.807, 2.05) is 0 Å². The van der Waals surface area contributed by atoms with E-state index in [-0.39, 0.29) is 12.3 Å². The highest BCUT2D eigenvalue weighted by Gasteiger charge is 2.15. The molecule has 2 aromatic carbocycles. The van der Waals surface area contributed by atoms with Crippen molar-refractivity contribution in [3.63, 3.8) is 0 Å². The third kappa shape index (κ3) is 4.16. The molecule has 0 atom stereocenters. The third-order valence-corrected chi connectivity index (χ3v) is 3.68. The lowest BCUT2D eigenvalue weighted by molar-refractivity contribution is -0.124. The average Bonchev–Trinajstić information content (AvgIpc) is 3.02. The van der Waals surface area contributed by atoms with Crippen molar-refractivity contribution >= 4 is 34.4 Å². The van der Waals surface area contributed by atoms with Crippen molar-refractivity contribution in [2.24, 2.45) is 0 Å². The maximum Gasteiger partial charge on any atom is 0.374 e. The van der Waals surface area contributed by atoms with Crippen LogP contribution in [0, 0.1) is 5.82 Å². The molecular formula is C18H13ClFNO4. The first-order valence-electron chi connectivity index (χ1n) is 7.39. The van der Waals surface area contributed by atoms with Gasteiger partial charge in [-0.25, -0.2) is 9.18 Å². The minimum atomic E-state index is -0.770. The van der Waals surface area contributed by atoms with Crippen LogP contribution in [0.25, 0.3) is 11.0 Å². The number of ether oxygens (including phenoxy) is 1. The zero-order valence-electron chi connectivity index (χ0n) is 12.9. The van der Waals surface area contributed by atoms with Gasteiger partial charge in [-0.3, -0.25) is 4.79 Å². The number of halogens is 2. The quantitative estimate of drug-likeness (QED) is 0.703. The molecule has 0 bridgehead atoms. The number of nitrogens with one attached hydrogen (secondary N) is 1. The van der Waals surface area contributed by atoms with Crippen molar-refractivity contribution in [3.8, 4) is 0 Å². The Morgan fingerprint density at radius 2 is 1.96 bits per heavy atom. The van der Waals surface area contributed by atoms with E-state index in [1.54, 1.807) is 36.4 Å². The molecule has 0 radical (unpaired) electrons. The number of amides is 1. The number of esters is 1. The van der Waals surface area contributed by atoms with E-state index in [1.165, 1.54) is 12.1 Å². The van der Waals surface area contributed by atoms with E-state index >= 15 is 0 Å². The van der Waals surface area contributed by atoms with Gasteiger partial charge in [-0.05, 0) is 30.3 Å². The maximum atomic E-state index is 13.4. The summed E-state index contributed by atoms with van der Waals surface area (Å²) in [7, 11) is 0. The summed E-state index contributed by atoms with van der Waals surface area (Å²) < 4.78 is 23.7. The maximum absolute atomic E-state index is 13.4. The van der Waals surface area contributed by atoms with Crippen LogP contribution in [-0.2, 0) is 16.1 Å². The number of hydrogen-bond acceptors (Lipinski definition) is 4. The molecule has 0 spiro atoms. The minimum absolute atomic E-state index is 0.00614. The summed E-state index contributed by atoms with van der Waals surface area (Å²) in [4.78, 5) is 23.7. The Morgan fingerprint density at radius 1 is 1.16 bits per heavy atom. The first-order valence-corrected chi connectivity index (χ1v) is 7.77. The Hall–Kier alpha value is -2.86. The Labute approximate surface area is 147 Å². The zero-order chi connectivity index (χ0) is 17.8. The van der Waals surface area contributed by atoms with E-state index in [2.05, 4.69) is 5.32 Å². The van der Waals surface area contributed by atoms with Gasteiger partial charge in [0.15, 0.2) is 6.61 Å². The van der Waals surface area contributed by atoms with Gasteiger partial charge in [0.2, 0.25) is 5.76 Å². The second-order valence-electron chi connectivity index (χ2n) is 5.24. The monoisotopic (exact) mass is 361 g/mol. The van der Waals surface area contributed by atoms with Crippen molar-refractivity contribution in [2.45, 2.75) is 6.54 Å². The van der Waals surface area contributed by atoms with Crippen LogP contribution in [0.15, 0.2) is 52.9 Å². The molecule has 128 valence electrons. The molecule has 0 saturated heterocycles. The van der Waals surface area contributed by atoms with Crippen LogP contribution in [0.3, 0.4) is 0 Å². The minimum Gasteiger partial charge on any atom is -0.450 e. The van der Waals surface area contributed by atoms with Crippen molar-refractivity contribution in [1.29, 1.82) is 0 Å². The second-order valence-corrected chi connectivity index (χ2v) is 5.67. The fourth-order valence-corrected chi connectivity index (χ4v) is 2.38. The smallest absolute Gasteiger partial charge is 0.374 e. The van der Waals surface area contributed by atoms with Gasteiger partial charge in [0, 0.05) is 22.5 Å². The summed E-state index contributed by atoms with van der Waals surface area (Å²) in [6.07, 6.45) is 0. The van der Waals surface area contributed by atoms with Crippen LogP contribution < -0.4 is 5.32 Å². The van der Waals surface area contributed by atoms with E-state index in [9.17, 15) is 14.0 Å². The Kier molecular flexibility index (Phi) is 5.00. The fraction of sp³-hybridized carbons (Fsp3) is 0.111. The van der Waals surface area contributed by atoms with E-state index < -0.39 is 24.3 Å². The summed E-state index contributed by atoms with van der Waals surface area (Å²) in [6.45, 7) is -0.489. The molecule has 1 N–H and O–H groups in total. The van der Waals surface area contributed by atoms with Crippen LogP contribution in [-0.4, -0.2) is 18.5 Å². The average molecular weight is 362 g/mol. The number of carbonyl (C=O) groups excluding carboxylic acids is 2. The van der Waals surface area contributed by atoms with Crippen molar-refractivity contribution < 1.29 is 23.1 Å². The van der Waals surface area contributed by atoms with Gasteiger partial charge in [-0.1, -0.05) is 29.8 Å². The topological polar surface area (TPSA) is 68.5 Å². The van der Waals surface area contributed by atoms with Crippen molar-refractivity contribution in [3.05, 3.63) is 70.7 Å². The van der Waals surface area contributed by atoms with Crippen LogP contribution >= 0.6 is 11.6 Å². The Morgan fingerprint density at radius 3 is 2.76 bits per heavy atom. The van der Waals surface area contributed by atoms with Crippen LogP contribution in [0.4, 0.5) is 4.39 Å². The molecule has 3 rings (SSSR count). The predicted octanol–water partition coefficient (Wildman–Crippen LogP) is 3.70. The molecule has 0 aliphatic rings. The molecular weight excluding hydrogens is 349 g/mol. The Balaban J connectivity index is 1.54. The predicted molar refractivity (Wildman–Crippen MR) is 89.8 cm³/mol. The third-order valence-electron chi connectivity index (χ3n) is 3.45. The molecule has 5 nitrogen and oxygen atoms in total. The van der Waals surface area contributed by atoms with Gasteiger partial charge >= 0.3 is 5.97 Å². The molecule has 0 unspecified atom stereocenters. The number of carbonyl (C=O) groups is 2. The standard InChI is InChI=1S/C18H13ClFNO4/c19-13-5-6-15-12(7-13)8-16(25-15)18(23)24-10-17(22)21-9-11-3-1-2-4-14(11)20/h1-8H,9-10H2,(H,21,22). The van der Waals surface area contributed by atoms with Gasteiger partial charge < -0.3 is 14.5 Å². The Bertz CT molecular complexity index is 938. The van der Waals surface area contributed by atoms with Crippen molar-refractivity contribution in [2.75, 3.05) is 6.61 Å². The van der Waals surface area contributed by atoms with Crippen LogP contribution in [0.5, 0.6) is 0 Å². The SMILES string of the molecule is O=C(COC(=O)c1cc2cc(Cl)ccc2o1)NCc1ccccc1F. The largest absolute Gasteiger partial charge is 0.450 e. The molecule has 0 saturated carbocycles. The van der Waals surface area contributed by atoms with Gasteiger partial charge in [0.1, 0.15) is 11.4 Å². The van der Waals surface area contributed by atoms with E-state index in [4.69, 9.17) is 20.8 Å². The zero-order valence-corrected chi connectivity index (χ0v) is 13.7. The summed E-state index contributed by atoms with van der Waals surface area (Å²) in [6, 6.07) is 12.5. The van der Waals surface area contributed by atoms with E-state index in [0.29, 0.717) is 21.6 Å². The lowest BCUT2D eigenvalue weighted by Gasteiger charge is -2.06. The van der Waals surface area contributed by atoms with Gasteiger partial charge in [0.05, 0.1) is 0 Å². The second kappa shape index (κ2) is 7.36. The first kappa shape index (κ1) is 17.0. The first-order chi connectivity index (χ1) is 12.0. The lowest BCUT2D eigenvalue weighted by Crippen LogP contribution is -2.28. The molecule has 0 aliphatic carbocycles. The normalized spacial score (nSPS) is 10.6. The summed E-state index contributed by atoms with van der Waals surface area (Å²) >= 11 is 5.87. The van der Waals surface area contributed by atoms with Gasteiger partial charge in [-0.2, -0.15) is 0 Å². The number of benzene rings is 2. The van der Waals surface area contributed by atoms with Crippen LogP contribution in [0.2, 0.25) is 5.02 Å². The molecule has 1 aromatic heterocycles. The van der Waals surface area contributed by atoms with Crippen LogP contribution in [0.1, 0.15) is 16.1 Å². The number of furan rings is 1. The molecule has 7 heteroatoms. The molecule has 0 aliphatic heterocycles. The van der Waals surface area contributed by atoms with Crippen molar-refractivity contribution in [1.82, 2.24) is 5.32 Å². The number of fused-ring (bicyclic) bond motifs is 1. The fourth-order valence-electron chi connectivity index (χ4n) is 2.20. The summed E-state index contributed by atoms with van der Waals surface area (Å²) in [5, 5.41) is 3.65. The number of hydrogen-bond donors (Lipinski definition) is 1. The lowest BCUT2D eigenvalue weighted by atomic mass is 10.2.